The first kappa shape index (κ1) is 13.4. The van der Waals surface area contributed by atoms with E-state index >= 15 is 0 Å². The number of nitrogens with zero attached hydrogens (tertiary/aromatic N) is 1. The van der Waals surface area contributed by atoms with Crippen molar-refractivity contribution in [1.82, 2.24) is 0 Å². The van der Waals surface area contributed by atoms with Crippen LogP contribution in [0.4, 0.5) is 5.69 Å². The van der Waals surface area contributed by atoms with Gasteiger partial charge in [0, 0.05) is 12.6 Å². The van der Waals surface area contributed by atoms with Gasteiger partial charge in [0.15, 0.2) is 0 Å². The molecular weight excluding hydrogens is 270 g/mol. The van der Waals surface area contributed by atoms with Gasteiger partial charge in [0.05, 0.1) is 23.3 Å². The zero-order valence-electron chi connectivity index (χ0n) is 10.5. The van der Waals surface area contributed by atoms with Gasteiger partial charge in [-0.1, -0.05) is 0 Å². The Morgan fingerprint density at radius 2 is 2.11 bits per heavy atom. The minimum atomic E-state index is -3.64. The van der Waals surface area contributed by atoms with Crippen molar-refractivity contribution in [2.24, 2.45) is 0 Å². The molecule has 0 amide bonds. The monoisotopic (exact) mass is 283 g/mol. The fourth-order valence-electron chi connectivity index (χ4n) is 1.82. The molecule has 7 heteroatoms. The van der Waals surface area contributed by atoms with E-state index in [1.807, 2.05) is 0 Å². The zero-order chi connectivity index (χ0) is 14.2. The predicted molar refractivity (Wildman–Crippen MR) is 70.3 cm³/mol. The summed E-state index contributed by atoms with van der Waals surface area (Å²) in [6.07, 6.45) is 0. The molecule has 0 aliphatic carbocycles. The number of aromatic carboxylic acids is 1. The van der Waals surface area contributed by atoms with Crippen LogP contribution in [-0.2, 0) is 14.8 Å². The number of benzene rings is 1. The maximum Gasteiger partial charge on any atom is 0.335 e. The molecule has 0 saturated heterocycles. The van der Waals surface area contributed by atoms with Crippen molar-refractivity contribution >= 4 is 27.4 Å². The van der Waals surface area contributed by atoms with E-state index in [0.29, 0.717) is 17.9 Å². The number of carbonyl (C=O) groups is 1. The lowest BCUT2D eigenvalue weighted by atomic mass is 10.1. The van der Waals surface area contributed by atoms with Gasteiger partial charge in [-0.15, -0.1) is 0 Å². The second-order valence-corrected chi connectivity index (χ2v) is 5.78. The number of ether oxygens (including phenoxy) is 1. The number of rotatable bonds is 3. The first-order chi connectivity index (χ1) is 8.86. The molecule has 0 radical (unpaired) electrons. The molecule has 0 atom stereocenters. The van der Waals surface area contributed by atoms with Gasteiger partial charge in [-0.05, 0) is 25.1 Å². The van der Waals surface area contributed by atoms with Crippen molar-refractivity contribution in [3.8, 4) is 0 Å². The molecule has 0 fully saturated rings. The van der Waals surface area contributed by atoms with Crippen LogP contribution in [0.5, 0.6) is 0 Å². The van der Waals surface area contributed by atoms with E-state index in [4.69, 9.17) is 9.84 Å². The molecular formula is C12H13NO5S. The van der Waals surface area contributed by atoms with Crippen molar-refractivity contribution in [2.45, 2.75) is 6.92 Å². The summed E-state index contributed by atoms with van der Waals surface area (Å²) < 4.78 is 30.2. The first-order valence-corrected chi connectivity index (χ1v) is 7.08. The summed E-state index contributed by atoms with van der Waals surface area (Å²) in [6, 6.07) is 4.28. The fraction of sp³-hybridized carbons (Fsp3) is 0.250. The molecule has 1 heterocycles. The molecule has 0 unspecified atom stereocenters. The summed E-state index contributed by atoms with van der Waals surface area (Å²) >= 11 is 0. The summed E-state index contributed by atoms with van der Waals surface area (Å²) in [4.78, 5) is 10.9. The van der Waals surface area contributed by atoms with Crippen LogP contribution < -0.4 is 4.31 Å². The molecule has 102 valence electrons. The van der Waals surface area contributed by atoms with E-state index in [1.54, 1.807) is 13.0 Å². The van der Waals surface area contributed by atoms with Crippen molar-refractivity contribution in [2.75, 3.05) is 18.0 Å². The molecule has 1 aromatic rings. The van der Waals surface area contributed by atoms with E-state index in [9.17, 15) is 13.2 Å². The Hall–Kier alpha value is -2.02. The highest BCUT2D eigenvalue weighted by molar-refractivity contribution is 7.95. The highest BCUT2D eigenvalue weighted by Gasteiger charge is 2.28. The molecule has 0 saturated carbocycles. The number of fused-ring (bicyclic) bond motifs is 1. The van der Waals surface area contributed by atoms with Crippen LogP contribution in [0.3, 0.4) is 0 Å². The Morgan fingerprint density at radius 1 is 1.42 bits per heavy atom. The Kier molecular flexibility index (Phi) is 3.23. The van der Waals surface area contributed by atoms with Crippen LogP contribution >= 0.6 is 0 Å². The second kappa shape index (κ2) is 4.58. The van der Waals surface area contributed by atoms with E-state index < -0.39 is 16.0 Å². The van der Waals surface area contributed by atoms with Crippen molar-refractivity contribution < 1.29 is 23.1 Å². The number of sulfonamides is 1. The lowest BCUT2D eigenvalue weighted by Gasteiger charge is -2.26. The smallest absolute Gasteiger partial charge is 0.335 e. The van der Waals surface area contributed by atoms with Crippen molar-refractivity contribution in [3.63, 3.8) is 0 Å². The van der Waals surface area contributed by atoms with Gasteiger partial charge in [0.1, 0.15) is 5.76 Å². The predicted octanol–water partition coefficient (Wildman–Crippen LogP) is 1.50. The maximum absolute atomic E-state index is 11.9. The average molecular weight is 283 g/mol. The molecule has 6 nitrogen and oxygen atoms in total. The Balaban J connectivity index is 2.66. The quantitative estimate of drug-likeness (QED) is 0.908. The van der Waals surface area contributed by atoms with Gasteiger partial charge in [-0.25, -0.2) is 13.2 Å². The molecule has 1 aromatic carbocycles. The highest BCUT2D eigenvalue weighted by atomic mass is 32.2. The molecule has 1 aliphatic rings. The third-order valence-electron chi connectivity index (χ3n) is 2.79. The summed E-state index contributed by atoms with van der Waals surface area (Å²) in [7, 11) is -2.26. The van der Waals surface area contributed by atoms with Crippen LogP contribution in [-0.4, -0.2) is 33.1 Å². The summed E-state index contributed by atoms with van der Waals surface area (Å²) in [5.41, 5.74) is 0.883. The minimum Gasteiger partial charge on any atom is -0.492 e. The van der Waals surface area contributed by atoms with Crippen LogP contribution in [0.15, 0.2) is 23.6 Å². The number of carboxylic acids is 1. The largest absolute Gasteiger partial charge is 0.492 e. The Labute approximate surface area is 111 Å². The number of hydrogen-bond donors (Lipinski definition) is 1. The van der Waals surface area contributed by atoms with E-state index in [2.05, 4.69) is 0 Å². The molecule has 19 heavy (non-hydrogen) atoms. The normalized spacial score (nSPS) is 16.5. The lowest BCUT2D eigenvalue weighted by molar-refractivity contribution is 0.0697. The molecule has 0 aromatic heterocycles. The molecule has 2 rings (SSSR count). The zero-order valence-corrected chi connectivity index (χ0v) is 11.3. The number of hydrogen-bond acceptors (Lipinski definition) is 4. The van der Waals surface area contributed by atoms with E-state index in [0.717, 1.165) is 9.71 Å². The van der Waals surface area contributed by atoms with Crippen LogP contribution in [0.25, 0.3) is 5.76 Å². The van der Waals surface area contributed by atoms with Gasteiger partial charge in [-0.3, -0.25) is 4.31 Å². The maximum atomic E-state index is 11.9. The Bertz CT molecular complexity index is 663. The topological polar surface area (TPSA) is 83.9 Å². The molecule has 0 bridgehead atoms. The molecule has 0 spiro atoms. The number of carboxylic acid groups (broad SMARTS) is 1. The average Bonchev–Trinajstić information content (AvgIpc) is 2.35. The first-order valence-electron chi connectivity index (χ1n) is 5.58. The van der Waals surface area contributed by atoms with Crippen molar-refractivity contribution in [1.29, 1.82) is 0 Å². The Morgan fingerprint density at radius 3 is 2.68 bits per heavy atom. The molecule has 1 aliphatic heterocycles. The summed E-state index contributed by atoms with van der Waals surface area (Å²) in [6.45, 7) is 2.07. The van der Waals surface area contributed by atoms with Crippen molar-refractivity contribution in [3.05, 3.63) is 34.7 Å². The van der Waals surface area contributed by atoms with E-state index in [1.165, 1.54) is 19.2 Å². The standard InChI is InChI=1S/C12H13NO5S/c1-3-18-11-7-19(16,17)13(2)10-6-8(12(14)15)4-5-9(10)11/h4-7H,3H2,1-2H3,(H,14,15). The van der Waals surface area contributed by atoms with Crippen LogP contribution in [0.1, 0.15) is 22.8 Å². The third kappa shape index (κ3) is 2.28. The summed E-state index contributed by atoms with van der Waals surface area (Å²) in [5, 5.41) is 10.00. The minimum absolute atomic E-state index is 0.0264. The number of anilines is 1. The molecule has 1 N–H and O–H groups in total. The van der Waals surface area contributed by atoms with E-state index in [-0.39, 0.29) is 11.3 Å². The highest BCUT2D eigenvalue weighted by Crippen LogP contribution is 2.35. The van der Waals surface area contributed by atoms with Crippen LogP contribution in [0, 0.1) is 0 Å². The fourth-order valence-corrected chi connectivity index (χ4v) is 2.86. The van der Waals surface area contributed by atoms with Gasteiger partial charge < -0.3 is 9.84 Å². The van der Waals surface area contributed by atoms with Gasteiger partial charge >= 0.3 is 5.97 Å². The van der Waals surface area contributed by atoms with Gasteiger partial charge in [-0.2, -0.15) is 0 Å². The van der Waals surface area contributed by atoms with Gasteiger partial charge in [0.25, 0.3) is 10.0 Å². The lowest BCUT2D eigenvalue weighted by Crippen LogP contribution is -2.29. The second-order valence-electron chi connectivity index (χ2n) is 3.96. The van der Waals surface area contributed by atoms with Gasteiger partial charge in [0.2, 0.25) is 0 Å². The third-order valence-corrected chi connectivity index (χ3v) is 4.26. The SMILES string of the molecule is CCOC1=CS(=O)(=O)N(C)c2cc(C(=O)O)ccc21. The summed E-state index contributed by atoms with van der Waals surface area (Å²) in [5.74, 6) is -0.881. The van der Waals surface area contributed by atoms with Crippen LogP contribution in [0.2, 0.25) is 0 Å².